The van der Waals surface area contributed by atoms with Crippen molar-refractivity contribution in [1.29, 1.82) is 0 Å². The fourth-order valence-electron chi connectivity index (χ4n) is 3.36. The summed E-state index contributed by atoms with van der Waals surface area (Å²) in [6.45, 7) is 11.8. The van der Waals surface area contributed by atoms with Crippen LogP contribution in [-0.4, -0.2) is 13.1 Å². The van der Waals surface area contributed by atoms with Crippen LogP contribution in [-0.2, 0) is 0 Å². The molecule has 1 atom stereocenters. The molecule has 1 aliphatic heterocycles. The standard InChI is InChI=1S/C17H20BrN.C3H6.C2H2/c1-12-10-16(13-6-8-19-9-7-13)15-5-3-2-4-14(15)11-17(12)18;1-3-2;1-2/h2-5,11,13,16,19H,1,6-10H2;3H,1H2,2H3;1-2H. The van der Waals surface area contributed by atoms with Crippen LogP contribution in [0, 0.1) is 18.8 Å². The van der Waals surface area contributed by atoms with Crippen molar-refractivity contribution < 1.29 is 0 Å². The Morgan fingerprint density at radius 1 is 1.21 bits per heavy atom. The average molecular weight is 386 g/mol. The predicted octanol–water partition coefficient (Wildman–Crippen LogP) is 5.91. The maximum absolute atomic E-state index is 4.25. The van der Waals surface area contributed by atoms with Gasteiger partial charge in [-0.3, -0.25) is 0 Å². The Morgan fingerprint density at radius 3 is 2.42 bits per heavy atom. The highest BCUT2D eigenvalue weighted by Gasteiger charge is 2.28. The van der Waals surface area contributed by atoms with E-state index in [1.807, 2.05) is 6.92 Å². The number of hydrogen-bond donors (Lipinski definition) is 1. The highest BCUT2D eigenvalue weighted by atomic mass is 79.9. The van der Waals surface area contributed by atoms with Crippen LogP contribution in [0.25, 0.3) is 6.08 Å². The Kier molecular flexibility index (Phi) is 9.45. The Labute approximate surface area is 156 Å². The summed E-state index contributed by atoms with van der Waals surface area (Å²) < 4.78 is 1.16. The monoisotopic (exact) mass is 385 g/mol. The molecule has 24 heavy (non-hydrogen) atoms. The van der Waals surface area contributed by atoms with Crippen LogP contribution in [0.2, 0.25) is 0 Å². The summed E-state index contributed by atoms with van der Waals surface area (Å²) in [4.78, 5) is 0. The van der Waals surface area contributed by atoms with Crippen LogP contribution in [0.5, 0.6) is 0 Å². The molecule has 1 aromatic carbocycles. The summed E-state index contributed by atoms with van der Waals surface area (Å²) in [7, 11) is 0. The molecule has 0 amide bonds. The lowest BCUT2D eigenvalue weighted by Crippen LogP contribution is -2.31. The van der Waals surface area contributed by atoms with E-state index in [-0.39, 0.29) is 0 Å². The molecule has 0 saturated carbocycles. The predicted molar refractivity (Wildman–Crippen MR) is 111 cm³/mol. The zero-order valence-corrected chi connectivity index (χ0v) is 16.2. The van der Waals surface area contributed by atoms with Gasteiger partial charge in [0, 0.05) is 4.48 Å². The molecule has 2 aliphatic rings. The first-order valence-electron chi connectivity index (χ1n) is 8.42. The normalized spacial score (nSPS) is 20.1. The van der Waals surface area contributed by atoms with E-state index in [9.17, 15) is 0 Å². The molecule has 1 aromatic rings. The number of hydrogen-bond acceptors (Lipinski definition) is 1. The van der Waals surface area contributed by atoms with E-state index in [1.165, 1.54) is 29.5 Å². The Hall–Kier alpha value is -1.56. The van der Waals surface area contributed by atoms with Crippen LogP contribution in [0.15, 0.2) is 53.6 Å². The highest BCUT2D eigenvalue weighted by Crippen LogP contribution is 2.42. The third-order valence-corrected chi connectivity index (χ3v) is 5.22. The Morgan fingerprint density at radius 2 is 1.79 bits per heavy atom. The zero-order valence-electron chi connectivity index (χ0n) is 14.6. The SMILES string of the molecule is C#C.C=C1CC(C2CCNCC2)c2ccccc2C=C1Br.C=CC. The van der Waals surface area contributed by atoms with Gasteiger partial charge in [0.2, 0.25) is 0 Å². The van der Waals surface area contributed by atoms with Crippen LogP contribution in [0.3, 0.4) is 0 Å². The van der Waals surface area contributed by atoms with E-state index < -0.39 is 0 Å². The van der Waals surface area contributed by atoms with Crippen molar-refractivity contribution in [2.75, 3.05) is 13.1 Å². The fraction of sp³-hybridized carbons (Fsp3) is 0.364. The zero-order chi connectivity index (χ0) is 17.9. The smallest absolute Gasteiger partial charge is 0.0207 e. The van der Waals surface area contributed by atoms with Gasteiger partial charge in [-0.25, -0.2) is 0 Å². The summed E-state index contributed by atoms with van der Waals surface area (Å²) in [6, 6.07) is 8.83. The third-order valence-electron chi connectivity index (χ3n) is 4.43. The molecule has 0 aromatic heterocycles. The van der Waals surface area contributed by atoms with E-state index >= 15 is 0 Å². The fourth-order valence-corrected chi connectivity index (χ4v) is 3.77. The number of terminal acetylenes is 1. The summed E-state index contributed by atoms with van der Waals surface area (Å²) in [5.74, 6) is 1.41. The summed E-state index contributed by atoms with van der Waals surface area (Å²) in [6.07, 6.45) is 15.6. The molecule has 1 nitrogen and oxygen atoms in total. The van der Waals surface area contributed by atoms with Gasteiger partial charge in [-0.15, -0.1) is 19.4 Å². The van der Waals surface area contributed by atoms with Gasteiger partial charge >= 0.3 is 0 Å². The Bertz CT molecular complexity index is 591. The number of benzene rings is 1. The number of allylic oxidation sites excluding steroid dienone is 3. The van der Waals surface area contributed by atoms with Crippen LogP contribution < -0.4 is 5.32 Å². The van der Waals surface area contributed by atoms with Crippen molar-refractivity contribution in [3.63, 3.8) is 0 Å². The molecule has 1 heterocycles. The van der Waals surface area contributed by atoms with Gasteiger partial charge in [0.05, 0.1) is 0 Å². The first-order chi connectivity index (χ1) is 11.7. The number of piperidine rings is 1. The summed E-state index contributed by atoms with van der Waals surface area (Å²) in [5, 5.41) is 3.47. The van der Waals surface area contributed by atoms with Crippen molar-refractivity contribution in [3.05, 3.63) is 64.7 Å². The molecule has 0 bridgehead atoms. The van der Waals surface area contributed by atoms with Crippen molar-refractivity contribution in [3.8, 4) is 12.8 Å². The summed E-state index contributed by atoms with van der Waals surface area (Å²) in [5.41, 5.74) is 4.10. The van der Waals surface area contributed by atoms with Crippen molar-refractivity contribution in [1.82, 2.24) is 5.32 Å². The van der Waals surface area contributed by atoms with Crippen LogP contribution >= 0.6 is 15.9 Å². The molecule has 1 fully saturated rings. The van der Waals surface area contributed by atoms with E-state index in [0.29, 0.717) is 5.92 Å². The van der Waals surface area contributed by atoms with E-state index in [0.717, 1.165) is 29.9 Å². The molecule has 1 N–H and O–H groups in total. The van der Waals surface area contributed by atoms with Gasteiger partial charge in [-0.1, -0.05) is 52.9 Å². The maximum Gasteiger partial charge on any atom is 0.0207 e. The minimum atomic E-state index is 0.622. The number of halogens is 1. The van der Waals surface area contributed by atoms with E-state index in [1.54, 1.807) is 6.08 Å². The number of rotatable bonds is 1. The first kappa shape index (κ1) is 20.5. The first-order valence-corrected chi connectivity index (χ1v) is 9.22. The van der Waals surface area contributed by atoms with E-state index in [4.69, 9.17) is 0 Å². The second-order valence-corrected chi connectivity index (χ2v) is 6.89. The lowest BCUT2D eigenvalue weighted by atomic mass is 9.77. The lowest BCUT2D eigenvalue weighted by molar-refractivity contribution is 0.317. The molecule has 1 aliphatic carbocycles. The van der Waals surface area contributed by atoms with Crippen molar-refractivity contribution >= 4 is 22.0 Å². The average Bonchev–Trinajstić information content (AvgIpc) is 2.75. The second-order valence-electron chi connectivity index (χ2n) is 6.03. The van der Waals surface area contributed by atoms with E-state index in [2.05, 4.69) is 77.6 Å². The molecule has 2 heteroatoms. The molecule has 0 radical (unpaired) electrons. The van der Waals surface area contributed by atoms with Gasteiger partial charge in [0.1, 0.15) is 0 Å². The minimum Gasteiger partial charge on any atom is -0.317 e. The van der Waals surface area contributed by atoms with Gasteiger partial charge < -0.3 is 5.32 Å². The van der Waals surface area contributed by atoms with Gasteiger partial charge in [-0.05, 0) is 73.9 Å². The number of fused-ring (bicyclic) bond motifs is 1. The molecular weight excluding hydrogens is 358 g/mol. The lowest BCUT2D eigenvalue weighted by Gasteiger charge is -2.31. The number of nitrogens with one attached hydrogen (secondary N) is 1. The van der Waals surface area contributed by atoms with Crippen LogP contribution in [0.1, 0.15) is 43.2 Å². The molecular formula is C22H28BrN. The largest absolute Gasteiger partial charge is 0.317 e. The van der Waals surface area contributed by atoms with Crippen molar-refractivity contribution in [2.45, 2.75) is 32.1 Å². The molecule has 128 valence electrons. The minimum absolute atomic E-state index is 0.622. The van der Waals surface area contributed by atoms with Crippen molar-refractivity contribution in [2.24, 2.45) is 5.92 Å². The molecule has 0 spiro atoms. The third kappa shape index (κ3) is 5.51. The maximum atomic E-state index is 4.25. The Balaban J connectivity index is 0.000000521. The highest BCUT2D eigenvalue weighted by molar-refractivity contribution is 9.12. The van der Waals surface area contributed by atoms with Crippen LogP contribution in [0.4, 0.5) is 0 Å². The second kappa shape index (κ2) is 11.1. The van der Waals surface area contributed by atoms with Gasteiger partial charge in [0.15, 0.2) is 0 Å². The topological polar surface area (TPSA) is 12.0 Å². The van der Waals surface area contributed by atoms with Gasteiger partial charge in [-0.2, -0.15) is 0 Å². The summed E-state index contributed by atoms with van der Waals surface area (Å²) >= 11 is 3.67. The molecule has 3 rings (SSSR count). The quantitative estimate of drug-likeness (QED) is 0.468. The molecule has 1 unspecified atom stereocenters. The van der Waals surface area contributed by atoms with Gasteiger partial charge in [0.25, 0.3) is 0 Å². The molecule has 1 saturated heterocycles.